The summed E-state index contributed by atoms with van der Waals surface area (Å²) in [6.07, 6.45) is -2.94. The monoisotopic (exact) mass is 532 g/mol. The van der Waals surface area contributed by atoms with Gasteiger partial charge in [-0.2, -0.15) is 0 Å². The van der Waals surface area contributed by atoms with Crippen LogP contribution >= 0.6 is 0 Å². The molecule has 0 fully saturated rings. The summed E-state index contributed by atoms with van der Waals surface area (Å²) in [6.45, 7) is 0. The molecule has 2 aliphatic rings. The molecule has 200 valence electrons. The largest absolute Gasteiger partial charge is 0.508 e. The number of hydrogen-bond acceptors (Lipinski definition) is 10. The summed E-state index contributed by atoms with van der Waals surface area (Å²) in [5.74, 6) is -2.29. The molecular weight excluding hydrogens is 508 g/mol. The van der Waals surface area contributed by atoms with Crippen LogP contribution in [0.4, 0.5) is 0 Å². The standard InChI is InChI=1S/C29H24O10/c30-15-5-14(6-16(31)9-15)25-26-24(38-28(25)13-2-4-19(33)22(36)8-13)11-20(34)17-10-23(37)27(39-29(17)26)12-1-3-18(32)21(35)7-12/h1-9,11,23,25,27-28,30-37H,10H2/t23-,25-,27+,28+/m0/s1. The Bertz CT molecular complexity index is 1590. The normalized spacial score (nSPS) is 21.5. The van der Waals surface area contributed by atoms with Crippen LogP contribution in [0.3, 0.4) is 0 Å². The zero-order valence-corrected chi connectivity index (χ0v) is 20.2. The van der Waals surface area contributed by atoms with Gasteiger partial charge in [0.1, 0.15) is 41.0 Å². The SMILES string of the molecule is Oc1cc(O)cc([C@H]2c3c(cc(O)c4c3O[C@H](c3ccc(O)c(O)c3)[C@@H](O)C4)O[C@@H]2c2ccc(O)c(O)c2)c1. The Morgan fingerprint density at radius 2 is 1.15 bits per heavy atom. The first kappa shape index (κ1) is 24.4. The fourth-order valence-corrected chi connectivity index (χ4v) is 5.41. The van der Waals surface area contributed by atoms with E-state index in [-0.39, 0.29) is 58.2 Å². The first-order valence-electron chi connectivity index (χ1n) is 12.1. The second-order valence-corrected chi connectivity index (χ2v) is 9.72. The molecule has 4 aromatic carbocycles. The number of ether oxygens (including phenoxy) is 2. The van der Waals surface area contributed by atoms with E-state index in [1.165, 1.54) is 54.6 Å². The highest BCUT2D eigenvalue weighted by atomic mass is 16.5. The van der Waals surface area contributed by atoms with Gasteiger partial charge in [0.15, 0.2) is 23.0 Å². The number of aromatic hydroxyl groups is 7. The third kappa shape index (κ3) is 4.02. The fourth-order valence-electron chi connectivity index (χ4n) is 5.41. The highest BCUT2D eigenvalue weighted by Crippen LogP contribution is 2.58. The maximum atomic E-state index is 10.9. The lowest BCUT2D eigenvalue weighted by molar-refractivity contribution is 0.0191. The molecule has 0 saturated heterocycles. The molecular formula is C29H24O10. The van der Waals surface area contributed by atoms with Crippen LogP contribution in [0.2, 0.25) is 0 Å². The van der Waals surface area contributed by atoms with Gasteiger partial charge in [-0.25, -0.2) is 0 Å². The van der Waals surface area contributed by atoms with Gasteiger partial charge >= 0.3 is 0 Å². The molecule has 0 bridgehead atoms. The van der Waals surface area contributed by atoms with Gasteiger partial charge in [-0.1, -0.05) is 12.1 Å². The highest BCUT2D eigenvalue weighted by molar-refractivity contribution is 5.65. The molecule has 0 unspecified atom stereocenters. The number of phenols is 7. The van der Waals surface area contributed by atoms with Crippen molar-refractivity contribution in [1.29, 1.82) is 0 Å². The van der Waals surface area contributed by atoms with Crippen molar-refractivity contribution in [2.24, 2.45) is 0 Å². The first-order chi connectivity index (χ1) is 18.6. The average Bonchev–Trinajstić information content (AvgIpc) is 3.26. The van der Waals surface area contributed by atoms with Crippen molar-refractivity contribution < 1.29 is 50.3 Å². The lowest BCUT2D eigenvalue weighted by atomic mass is 9.82. The Morgan fingerprint density at radius 1 is 0.564 bits per heavy atom. The second-order valence-electron chi connectivity index (χ2n) is 9.72. The van der Waals surface area contributed by atoms with Crippen LogP contribution in [0.25, 0.3) is 0 Å². The Labute approximate surface area is 221 Å². The predicted octanol–water partition coefficient (Wildman–Crippen LogP) is 3.93. The summed E-state index contributed by atoms with van der Waals surface area (Å²) < 4.78 is 12.5. The van der Waals surface area contributed by atoms with Crippen molar-refractivity contribution in [3.63, 3.8) is 0 Å². The molecule has 39 heavy (non-hydrogen) atoms. The quantitative estimate of drug-likeness (QED) is 0.180. The minimum absolute atomic E-state index is 0.0105. The van der Waals surface area contributed by atoms with Gasteiger partial charge < -0.3 is 50.3 Å². The predicted molar refractivity (Wildman–Crippen MR) is 136 cm³/mol. The second kappa shape index (κ2) is 8.81. The van der Waals surface area contributed by atoms with Gasteiger partial charge in [0, 0.05) is 29.7 Å². The van der Waals surface area contributed by atoms with E-state index in [9.17, 15) is 40.9 Å². The van der Waals surface area contributed by atoms with Gasteiger partial charge in [-0.05, 0) is 53.1 Å². The van der Waals surface area contributed by atoms with Crippen molar-refractivity contribution in [2.45, 2.75) is 30.7 Å². The smallest absolute Gasteiger partial charge is 0.157 e. The van der Waals surface area contributed by atoms with Crippen LogP contribution in [0.5, 0.6) is 51.7 Å². The van der Waals surface area contributed by atoms with Crippen LogP contribution in [-0.2, 0) is 6.42 Å². The number of hydrogen-bond donors (Lipinski definition) is 8. The topological polar surface area (TPSA) is 180 Å². The molecule has 6 rings (SSSR count). The third-order valence-electron chi connectivity index (χ3n) is 7.18. The Balaban J connectivity index is 1.54. The molecule has 0 saturated carbocycles. The Hall–Kier alpha value is -4.96. The van der Waals surface area contributed by atoms with E-state index in [1.807, 2.05) is 0 Å². The number of aliphatic hydroxyl groups is 1. The molecule has 4 aromatic rings. The van der Waals surface area contributed by atoms with Gasteiger partial charge in [0.25, 0.3) is 0 Å². The van der Waals surface area contributed by atoms with E-state index < -0.39 is 24.2 Å². The molecule has 0 amide bonds. The van der Waals surface area contributed by atoms with E-state index in [1.54, 1.807) is 6.07 Å². The van der Waals surface area contributed by atoms with Crippen LogP contribution in [0.1, 0.15) is 45.9 Å². The molecule has 4 atom stereocenters. The molecule has 10 heteroatoms. The summed E-state index contributed by atoms with van der Waals surface area (Å²) in [5.41, 5.74) is 2.05. The molecule has 0 aliphatic carbocycles. The minimum Gasteiger partial charge on any atom is -0.508 e. The van der Waals surface area contributed by atoms with Crippen molar-refractivity contribution in [3.05, 3.63) is 88.5 Å². The zero-order valence-electron chi connectivity index (χ0n) is 20.2. The molecule has 0 aromatic heterocycles. The van der Waals surface area contributed by atoms with E-state index in [0.29, 0.717) is 27.8 Å². The molecule has 2 heterocycles. The van der Waals surface area contributed by atoms with Gasteiger partial charge in [0.05, 0.1) is 12.0 Å². The van der Waals surface area contributed by atoms with Crippen LogP contribution in [0, 0.1) is 0 Å². The summed E-state index contributed by atoms with van der Waals surface area (Å²) in [7, 11) is 0. The Morgan fingerprint density at radius 3 is 1.74 bits per heavy atom. The highest BCUT2D eigenvalue weighted by Gasteiger charge is 2.44. The van der Waals surface area contributed by atoms with Crippen molar-refractivity contribution >= 4 is 0 Å². The number of fused-ring (bicyclic) bond motifs is 3. The summed E-state index contributed by atoms with van der Waals surface area (Å²) >= 11 is 0. The summed E-state index contributed by atoms with van der Waals surface area (Å²) in [6, 6.07) is 13.7. The number of benzene rings is 4. The Kier molecular flexibility index (Phi) is 5.51. The van der Waals surface area contributed by atoms with Crippen molar-refractivity contribution in [2.75, 3.05) is 0 Å². The van der Waals surface area contributed by atoms with Crippen molar-refractivity contribution in [1.82, 2.24) is 0 Å². The molecule has 0 spiro atoms. The maximum Gasteiger partial charge on any atom is 0.157 e. The zero-order chi connectivity index (χ0) is 27.6. The molecule has 8 N–H and O–H groups in total. The van der Waals surface area contributed by atoms with Gasteiger partial charge in [-0.15, -0.1) is 0 Å². The van der Waals surface area contributed by atoms with Crippen LogP contribution in [0.15, 0.2) is 60.7 Å². The fraction of sp³-hybridized carbons (Fsp3) is 0.172. The maximum absolute atomic E-state index is 10.9. The van der Waals surface area contributed by atoms with Crippen LogP contribution in [-0.4, -0.2) is 47.0 Å². The number of aliphatic hydroxyl groups excluding tert-OH is 1. The lowest BCUT2D eigenvalue weighted by Crippen LogP contribution is -2.31. The third-order valence-corrected chi connectivity index (χ3v) is 7.18. The minimum atomic E-state index is -1.11. The summed E-state index contributed by atoms with van der Waals surface area (Å²) in [5, 5.41) is 82.1. The van der Waals surface area contributed by atoms with Gasteiger partial charge in [-0.3, -0.25) is 0 Å². The van der Waals surface area contributed by atoms with Gasteiger partial charge in [0.2, 0.25) is 0 Å². The van der Waals surface area contributed by atoms with E-state index in [0.717, 1.165) is 0 Å². The molecule has 2 aliphatic heterocycles. The number of phenolic OH excluding ortho intramolecular Hbond substituents is 7. The number of rotatable bonds is 3. The summed E-state index contributed by atoms with van der Waals surface area (Å²) in [4.78, 5) is 0. The molecule has 0 radical (unpaired) electrons. The first-order valence-corrected chi connectivity index (χ1v) is 12.1. The van der Waals surface area contributed by atoms with E-state index >= 15 is 0 Å². The molecule has 10 nitrogen and oxygen atoms in total. The van der Waals surface area contributed by atoms with Crippen molar-refractivity contribution in [3.8, 4) is 51.7 Å². The van der Waals surface area contributed by atoms with E-state index in [4.69, 9.17) is 9.47 Å². The van der Waals surface area contributed by atoms with Crippen LogP contribution < -0.4 is 9.47 Å². The van der Waals surface area contributed by atoms with E-state index in [2.05, 4.69) is 0 Å². The lowest BCUT2D eigenvalue weighted by Gasteiger charge is -2.33. The average molecular weight is 533 g/mol.